The van der Waals surface area contributed by atoms with Crippen molar-refractivity contribution in [1.29, 1.82) is 0 Å². The molecule has 8 heteroatoms. The van der Waals surface area contributed by atoms with Crippen molar-refractivity contribution in [2.24, 2.45) is 18.7 Å². The van der Waals surface area contributed by atoms with Crippen LogP contribution < -0.4 is 10.5 Å². The highest BCUT2D eigenvalue weighted by molar-refractivity contribution is 5.70. The maximum atomic E-state index is 11.2. The molecule has 0 aliphatic heterocycles. The van der Waals surface area contributed by atoms with E-state index < -0.39 is 5.97 Å². The van der Waals surface area contributed by atoms with E-state index in [1.807, 2.05) is 14.0 Å². The van der Waals surface area contributed by atoms with Gasteiger partial charge in [-0.15, -0.1) is 0 Å². The van der Waals surface area contributed by atoms with Crippen LogP contribution in [0.3, 0.4) is 0 Å². The van der Waals surface area contributed by atoms with E-state index in [9.17, 15) is 9.90 Å². The molecule has 2 heterocycles. The van der Waals surface area contributed by atoms with Crippen molar-refractivity contribution in [2.75, 3.05) is 0 Å². The number of carboxylic acids is 1. The van der Waals surface area contributed by atoms with Gasteiger partial charge in [0.2, 0.25) is 0 Å². The number of carbonyl (C=O) groups is 1. The molecule has 2 aromatic heterocycles. The molecule has 1 fully saturated rings. The van der Waals surface area contributed by atoms with Crippen LogP contribution in [0.1, 0.15) is 37.1 Å². The van der Waals surface area contributed by atoms with E-state index in [1.54, 1.807) is 17.1 Å². The largest absolute Gasteiger partial charge is 0.487 e. The summed E-state index contributed by atoms with van der Waals surface area (Å²) in [6.45, 7) is 2.21. The van der Waals surface area contributed by atoms with E-state index in [-0.39, 0.29) is 12.0 Å². The molecule has 1 aliphatic carbocycles. The monoisotopic (exact) mass is 345 g/mol. The molecule has 0 amide bonds. The zero-order valence-corrected chi connectivity index (χ0v) is 14.5. The Morgan fingerprint density at radius 1 is 1.44 bits per heavy atom. The van der Waals surface area contributed by atoms with Gasteiger partial charge < -0.3 is 15.6 Å². The van der Waals surface area contributed by atoms with Crippen LogP contribution in [0.15, 0.2) is 12.4 Å². The van der Waals surface area contributed by atoms with E-state index in [1.165, 1.54) is 0 Å². The van der Waals surface area contributed by atoms with Crippen LogP contribution in [0, 0.1) is 12.8 Å². The first-order chi connectivity index (χ1) is 12.0. The van der Waals surface area contributed by atoms with E-state index in [2.05, 4.69) is 15.1 Å². The Bertz CT molecular complexity index is 774. The summed E-state index contributed by atoms with van der Waals surface area (Å²) in [4.78, 5) is 20.1. The lowest BCUT2D eigenvalue weighted by molar-refractivity contribution is -0.143. The van der Waals surface area contributed by atoms with Crippen molar-refractivity contribution in [3.63, 3.8) is 0 Å². The molecule has 3 N–H and O–H groups in total. The van der Waals surface area contributed by atoms with Gasteiger partial charge in [0.1, 0.15) is 0 Å². The number of hydrogen-bond acceptors (Lipinski definition) is 6. The third-order valence-electron chi connectivity index (χ3n) is 4.70. The molecular weight excluding hydrogens is 322 g/mol. The molecule has 0 bridgehead atoms. The van der Waals surface area contributed by atoms with Crippen molar-refractivity contribution < 1.29 is 14.6 Å². The molecule has 0 saturated heterocycles. The highest BCUT2D eigenvalue weighted by Crippen LogP contribution is 2.29. The fourth-order valence-electron chi connectivity index (χ4n) is 3.25. The first kappa shape index (κ1) is 17.3. The molecule has 1 aliphatic rings. The predicted molar refractivity (Wildman–Crippen MR) is 90.9 cm³/mol. The number of rotatable bonds is 5. The summed E-state index contributed by atoms with van der Waals surface area (Å²) < 4.78 is 7.70. The molecule has 0 radical (unpaired) electrons. The second-order valence-electron chi connectivity index (χ2n) is 6.42. The van der Waals surface area contributed by atoms with Crippen molar-refractivity contribution in [3.8, 4) is 17.1 Å². The SMILES string of the molecule is Cc1nc(-c2cnn(C)c2CN)ncc1O[C@H]1CCC[C@H](C(=O)O)C1. The zero-order chi connectivity index (χ0) is 18.0. The Kier molecular flexibility index (Phi) is 4.98. The summed E-state index contributed by atoms with van der Waals surface area (Å²) >= 11 is 0. The van der Waals surface area contributed by atoms with Gasteiger partial charge in [0.15, 0.2) is 11.6 Å². The van der Waals surface area contributed by atoms with Crippen molar-refractivity contribution >= 4 is 5.97 Å². The van der Waals surface area contributed by atoms with Crippen LogP contribution in [-0.4, -0.2) is 36.9 Å². The lowest BCUT2D eigenvalue weighted by Gasteiger charge is -2.27. The van der Waals surface area contributed by atoms with E-state index >= 15 is 0 Å². The highest BCUT2D eigenvalue weighted by Gasteiger charge is 2.28. The summed E-state index contributed by atoms with van der Waals surface area (Å²) in [5, 5.41) is 13.4. The quantitative estimate of drug-likeness (QED) is 0.846. The van der Waals surface area contributed by atoms with Crippen LogP contribution >= 0.6 is 0 Å². The lowest BCUT2D eigenvalue weighted by Crippen LogP contribution is -2.29. The van der Waals surface area contributed by atoms with Gasteiger partial charge in [-0.2, -0.15) is 5.10 Å². The van der Waals surface area contributed by atoms with Gasteiger partial charge in [-0.1, -0.05) is 0 Å². The number of carboxylic acid groups (broad SMARTS) is 1. The van der Waals surface area contributed by atoms with Crippen LogP contribution in [0.25, 0.3) is 11.4 Å². The van der Waals surface area contributed by atoms with Crippen LogP contribution in [-0.2, 0) is 18.4 Å². The molecule has 0 aromatic carbocycles. The Morgan fingerprint density at radius 2 is 2.24 bits per heavy atom. The molecule has 25 heavy (non-hydrogen) atoms. The average Bonchev–Trinajstić information content (AvgIpc) is 2.97. The molecule has 0 spiro atoms. The third kappa shape index (κ3) is 3.63. The fraction of sp³-hybridized carbons (Fsp3) is 0.529. The van der Waals surface area contributed by atoms with E-state index in [0.717, 1.165) is 24.1 Å². The minimum absolute atomic E-state index is 0.110. The van der Waals surface area contributed by atoms with Crippen molar-refractivity contribution in [1.82, 2.24) is 19.7 Å². The van der Waals surface area contributed by atoms with E-state index in [0.29, 0.717) is 36.7 Å². The van der Waals surface area contributed by atoms with Gasteiger partial charge in [0, 0.05) is 13.6 Å². The van der Waals surface area contributed by atoms with Gasteiger partial charge in [-0.25, -0.2) is 9.97 Å². The number of nitrogens with zero attached hydrogens (tertiary/aromatic N) is 4. The Hall–Kier alpha value is -2.48. The molecule has 2 atom stereocenters. The average molecular weight is 345 g/mol. The zero-order valence-electron chi connectivity index (χ0n) is 14.5. The normalized spacial score (nSPS) is 20.4. The van der Waals surface area contributed by atoms with Gasteiger partial charge in [0.25, 0.3) is 0 Å². The smallest absolute Gasteiger partial charge is 0.306 e. The lowest BCUT2D eigenvalue weighted by atomic mass is 9.87. The molecule has 3 rings (SSSR count). The number of ether oxygens (including phenoxy) is 1. The van der Waals surface area contributed by atoms with Crippen molar-refractivity contribution in [3.05, 3.63) is 23.8 Å². The summed E-state index contributed by atoms with van der Waals surface area (Å²) in [5.74, 6) is 0.0766. The van der Waals surface area contributed by atoms with Gasteiger partial charge in [-0.05, 0) is 32.6 Å². The molecule has 0 unspecified atom stereocenters. The third-order valence-corrected chi connectivity index (χ3v) is 4.70. The van der Waals surface area contributed by atoms with Crippen LogP contribution in [0.4, 0.5) is 0 Å². The standard InChI is InChI=1S/C17H23N5O3/c1-10-15(25-12-5-3-4-11(6-12)17(23)24)9-19-16(21-10)13-8-20-22(2)14(13)7-18/h8-9,11-12H,3-7,18H2,1-2H3,(H,23,24)/t11-,12-/m0/s1. The Balaban J connectivity index is 1.77. The topological polar surface area (TPSA) is 116 Å². The molecule has 1 saturated carbocycles. The van der Waals surface area contributed by atoms with Gasteiger partial charge >= 0.3 is 5.97 Å². The maximum Gasteiger partial charge on any atom is 0.306 e. The van der Waals surface area contributed by atoms with Crippen LogP contribution in [0.5, 0.6) is 5.75 Å². The van der Waals surface area contributed by atoms with E-state index in [4.69, 9.17) is 10.5 Å². The summed E-state index contributed by atoms with van der Waals surface area (Å²) in [6, 6.07) is 0. The van der Waals surface area contributed by atoms with Gasteiger partial charge in [-0.3, -0.25) is 9.48 Å². The van der Waals surface area contributed by atoms with Crippen molar-refractivity contribution in [2.45, 2.75) is 45.3 Å². The Morgan fingerprint density at radius 3 is 2.92 bits per heavy atom. The minimum atomic E-state index is -0.748. The molecular formula is C17H23N5O3. The molecule has 134 valence electrons. The summed E-state index contributed by atoms with van der Waals surface area (Å²) in [7, 11) is 1.83. The number of aromatic nitrogens is 4. The predicted octanol–water partition coefficient (Wildman–Crippen LogP) is 1.67. The van der Waals surface area contributed by atoms with Gasteiger partial charge in [0.05, 0.1) is 41.4 Å². The second kappa shape index (κ2) is 7.18. The number of aryl methyl sites for hydroxylation is 2. The fourth-order valence-corrected chi connectivity index (χ4v) is 3.25. The minimum Gasteiger partial charge on any atom is -0.487 e. The number of aliphatic carboxylic acids is 1. The maximum absolute atomic E-state index is 11.2. The number of nitrogens with two attached hydrogens (primary N) is 1. The number of hydrogen-bond donors (Lipinski definition) is 2. The molecule has 2 aromatic rings. The first-order valence-electron chi connectivity index (χ1n) is 8.44. The molecule has 8 nitrogen and oxygen atoms in total. The summed E-state index contributed by atoms with van der Waals surface area (Å²) in [6.07, 6.45) is 6.19. The second-order valence-corrected chi connectivity index (χ2v) is 6.42. The Labute approximate surface area is 146 Å². The van der Waals surface area contributed by atoms with Crippen LogP contribution in [0.2, 0.25) is 0 Å². The first-order valence-corrected chi connectivity index (χ1v) is 8.44. The summed E-state index contributed by atoms with van der Waals surface area (Å²) in [5.41, 5.74) is 8.16. The highest BCUT2D eigenvalue weighted by atomic mass is 16.5.